The van der Waals surface area contributed by atoms with E-state index in [1.807, 2.05) is 4.57 Å². The number of carbonyl (C=O) groups is 1. The lowest BCUT2D eigenvalue weighted by molar-refractivity contribution is -0.119. The molecule has 30 heavy (non-hydrogen) atoms. The van der Waals surface area contributed by atoms with Crippen LogP contribution in [0.15, 0.2) is 42.1 Å². The molecule has 1 aliphatic rings. The average Bonchev–Trinajstić information content (AvgIpc) is 3.49. The Morgan fingerprint density at radius 2 is 1.97 bits per heavy atom. The van der Waals surface area contributed by atoms with Gasteiger partial charge in [-0.25, -0.2) is 0 Å². The summed E-state index contributed by atoms with van der Waals surface area (Å²) in [5, 5.41) is 21.6. The van der Waals surface area contributed by atoms with Crippen LogP contribution >= 0.6 is 11.8 Å². The number of carbonyl (C=O) groups excluding carboxylic acids is 1. The second-order valence-corrected chi connectivity index (χ2v) is 9.90. The first kappa shape index (κ1) is 22.1. The Kier molecular flexibility index (Phi) is 6.37. The number of nitriles is 1. The van der Waals surface area contributed by atoms with Gasteiger partial charge in [-0.05, 0) is 36.7 Å². The molecule has 7 heteroatoms. The van der Waals surface area contributed by atoms with Gasteiger partial charge in [0.2, 0.25) is 5.91 Å². The number of thioether (sulfide) groups is 1. The number of amides is 1. The molecule has 1 unspecified atom stereocenters. The molecular weight excluding hydrogens is 394 g/mol. The van der Waals surface area contributed by atoms with E-state index >= 15 is 0 Å². The molecule has 1 saturated carbocycles. The molecule has 0 saturated heterocycles. The zero-order valence-electron chi connectivity index (χ0n) is 18.1. The van der Waals surface area contributed by atoms with Crippen molar-refractivity contribution in [3.05, 3.63) is 42.5 Å². The lowest BCUT2D eigenvalue weighted by Crippen LogP contribution is -2.47. The molecule has 1 N–H and O–H groups in total. The van der Waals surface area contributed by atoms with E-state index in [0.717, 1.165) is 24.2 Å². The number of rotatable bonds is 8. The van der Waals surface area contributed by atoms with Crippen LogP contribution in [0.5, 0.6) is 0 Å². The first-order chi connectivity index (χ1) is 14.2. The molecule has 0 aliphatic heterocycles. The summed E-state index contributed by atoms with van der Waals surface area (Å²) in [6, 6.07) is 10.6. The fraction of sp³-hybridized carbons (Fsp3) is 0.478. The van der Waals surface area contributed by atoms with Crippen LogP contribution in [0, 0.1) is 17.2 Å². The van der Waals surface area contributed by atoms with E-state index in [2.05, 4.69) is 73.2 Å². The second kappa shape index (κ2) is 8.65. The number of nitrogens with one attached hydrogen (secondary N) is 1. The summed E-state index contributed by atoms with van der Waals surface area (Å²) < 4.78 is 1.96. The first-order valence-corrected chi connectivity index (χ1v) is 11.2. The summed E-state index contributed by atoms with van der Waals surface area (Å²) in [4.78, 5) is 12.4. The van der Waals surface area contributed by atoms with E-state index in [1.165, 1.54) is 17.3 Å². The fourth-order valence-electron chi connectivity index (χ4n) is 3.36. The molecule has 6 nitrogen and oxygen atoms in total. The van der Waals surface area contributed by atoms with E-state index in [-0.39, 0.29) is 23.0 Å². The monoisotopic (exact) mass is 423 g/mol. The van der Waals surface area contributed by atoms with Crippen LogP contribution in [-0.2, 0) is 16.8 Å². The normalized spacial score (nSPS) is 15.8. The van der Waals surface area contributed by atoms with Crippen LogP contribution in [0.2, 0.25) is 0 Å². The summed E-state index contributed by atoms with van der Waals surface area (Å²) in [7, 11) is 0. The van der Waals surface area contributed by atoms with Crippen molar-refractivity contribution in [2.45, 2.75) is 63.2 Å². The molecular formula is C23H29N5OS. The summed E-state index contributed by atoms with van der Waals surface area (Å²) in [5.74, 6) is 1.02. The SMILES string of the molecule is C=CCn1c(SCC(=O)NC(C)(C#N)C2CC2)nnc1-c1ccc(C(C)(C)C)cc1. The van der Waals surface area contributed by atoms with Gasteiger partial charge < -0.3 is 5.32 Å². The van der Waals surface area contributed by atoms with Crippen molar-refractivity contribution in [1.29, 1.82) is 5.26 Å². The molecule has 1 aliphatic carbocycles. The van der Waals surface area contributed by atoms with Gasteiger partial charge >= 0.3 is 0 Å². The number of hydrogen-bond donors (Lipinski definition) is 1. The molecule has 0 radical (unpaired) electrons. The highest BCUT2D eigenvalue weighted by atomic mass is 32.2. The van der Waals surface area contributed by atoms with Crippen LogP contribution < -0.4 is 5.32 Å². The Balaban J connectivity index is 1.73. The zero-order chi connectivity index (χ0) is 21.9. The minimum absolute atomic E-state index is 0.0834. The van der Waals surface area contributed by atoms with Crippen LogP contribution in [0.4, 0.5) is 0 Å². The predicted octanol–water partition coefficient (Wildman–Crippen LogP) is 4.33. The van der Waals surface area contributed by atoms with Crippen molar-refractivity contribution in [2.75, 3.05) is 5.75 Å². The molecule has 0 bridgehead atoms. The van der Waals surface area contributed by atoms with Gasteiger partial charge in [-0.1, -0.05) is 62.9 Å². The fourth-order valence-corrected chi connectivity index (χ4v) is 4.11. The molecule has 1 amide bonds. The predicted molar refractivity (Wildman–Crippen MR) is 120 cm³/mol. The zero-order valence-corrected chi connectivity index (χ0v) is 18.9. The Bertz CT molecular complexity index is 963. The molecule has 1 aromatic heterocycles. The summed E-state index contributed by atoms with van der Waals surface area (Å²) >= 11 is 1.32. The van der Waals surface area contributed by atoms with E-state index in [4.69, 9.17) is 0 Å². The van der Waals surface area contributed by atoms with Gasteiger partial charge in [0, 0.05) is 12.1 Å². The molecule has 1 aromatic carbocycles. The van der Waals surface area contributed by atoms with Gasteiger partial charge in [0.1, 0.15) is 5.54 Å². The molecule has 3 rings (SSSR count). The highest BCUT2D eigenvalue weighted by Gasteiger charge is 2.43. The Morgan fingerprint density at radius 3 is 2.50 bits per heavy atom. The third-order valence-electron chi connectivity index (χ3n) is 5.40. The van der Waals surface area contributed by atoms with Crippen LogP contribution in [-0.4, -0.2) is 32.0 Å². The van der Waals surface area contributed by atoms with Gasteiger partial charge in [-0.3, -0.25) is 9.36 Å². The number of allylic oxidation sites excluding steroid dienone is 1. The molecule has 1 atom stereocenters. The Hall–Kier alpha value is -2.59. The molecule has 1 heterocycles. The van der Waals surface area contributed by atoms with Crippen molar-refractivity contribution in [2.24, 2.45) is 5.92 Å². The van der Waals surface area contributed by atoms with E-state index in [1.54, 1.807) is 13.0 Å². The van der Waals surface area contributed by atoms with Gasteiger partial charge in [-0.15, -0.1) is 16.8 Å². The Labute approximate surface area is 182 Å². The second-order valence-electron chi connectivity index (χ2n) is 8.96. The summed E-state index contributed by atoms with van der Waals surface area (Å²) in [6.07, 6.45) is 3.77. The summed E-state index contributed by atoms with van der Waals surface area (Å²) in [6.45, 7) is 12.7. The number of nitrogens with zero attached hydrogens (tertiary/aromatic N) is 4. The lowest BCUT2D eigenvalue weighted by atomic mass is 9.87. The summed E-state index contributed by atoms with van der Waals surface area (Å²) in [5.41, 5.74) is 1.52. The van der Waals surface area contributed by atoms with Crippen molar-refractivity contribution >= 4 is 17.7 Å². The van der Waals surface area contributed by atoms with Crippen molar-refractivity contribution < 1.29 is 4.79 Å². The smallest absolute Gasteiger partial charge is 0.231 e. The lowest BCUT2D eigenvalue weighted by Gasteiger charge is -2.22. The number of benzene rings is 1. The van der Waals surface area contributed by atoms with E-state index in [9.17, 15) is 10.1 Å². The Morgan fingerprint density at radius 1 is 1.30 bits per heavy atom. The molecule has 0 spiro atoms. The first-order valence-electron chi connectivity index (χ1n) is 10.2. The average molecular weight is 424 g/mol. The van der Waals surface area contributed by atoms with Crippen LogP contribution in [0.25, 0.3) is 11.4 Å². The maximum atomic E-state index is 12.4. The highest BCUT2D eigenvalue weighted by Crippen LogP contribution is 2.39. The quantitative estimate of drug-likeness (QED) is 0.505. The largest absolute Gasteiger partial charge is 0.337 e. The number of aromatic nitrogens is 3. The topological polar surface area (TPSA) is 83.6 Å². The molecule has 1 fully saturated rings. The third-order valence-corrected chi connectivity index (χ3v) is 6.36. The minimum Gasteiger partial charge on any atom is -0.337 e. The third kappa shape index (κ3) is 4.93. The maximum absolute atomic E-state index is 12.4. The van der Waals surface area contributed by atoms with Gasteiger partial charge in [0.15, 0.2) is 11.0 Å². The molecule has 2 aromatic rings. The van der Waals surface area contributed by atoms with Gasteiger partial charge in [0.25, 0.3) is 0 Å². The van der Waals surface area contributed by atoms with Crippen LogP contribution in [0.3, 0.4) is 0 Å². The highest BCUT2D eigenvalue weighted by molar-refractivity contribution is 7.99. The van der Waals surface area contributed by atoms with E-state index < -0.39 is 5.54 Å². The van der Waals surface area contributed by atoms with E-state index in [0.29, 0.717) is 11.7 Å². The van der Waals surface area contributed by atoms with Gasteiger partial charge in [-0.2, -0.15) is 5.26 Å². The standard InChI is InChI=1S/C23H29N5OS/c1-6-13-28-20(16-7-9-17(10-8-16)22(2,3)4)26-27-21(28)30-14-19(29)25-23(5,15-24)18-11-12-18/h6-10,18H,1,11-14H2,2-5H3,(H,25,29). The van der Waals surface area contributed by atoms with Crippen LogP contribution in [0.1, 0.15) is 46.1 Å². The van der Waals surface area contributed by atoms with Crippen molar-refractivity contribution in [1.82, 2.24) is 20.1 Å². The number of hydrogen-bond acceptors (Lipinski definition) is 5. The maximum Gasteiger partial charge on any atom is 0.231 e. The van der Waals surface area contributed by atoms with Crippen molar-refractivity contribution in [3.63, 3.8) is 0 Å². The molecule has 158 valence electrons. The van der Waals surface area contributed by atoms with Crippen molar-refractivity contribution in [3.8, 4) is 17.5 Å². The van der Waals surface area contributed by atoms with Gasteiger partial charge in [0.05, 0.1) is 11.8 Å². The minimum atomic E-state index is -0.785.